The molecule has 2 amide bonds. The molecule has 4 atom stereocenters. The molecule has 118 valence electrons. The van der Waals surface area contributed by atoms with Gasteiger partial charge in [0.2, 0.25) is 11.8 Å². The standard InChI is InChI=1S/C15H12N2O6/c18-7-15-6-5-10(23-15)11-12(15)14(20)16(13(11)19)8-1-3-9(4-2-8)17(21)22/h1-6,10-12,18H,7H2/t10-,11+,12+,15+/m1/s1. The number of aliphatic hydroxyl groups excluding tert-OH is 1. The first kappa shape index (κ1) is 14.0. The Morgan fingerprint density at radius 3 is 2.57 bits per heavy atom. The third-order valence-corrected chi connectivity index (χ3v) is 4.72. The second-order valence-corrected chi connectivity index (χ2v) is 5.84. The molecule has 23 heavy (non-hydrogen) atoms. The average Bonchev–Trinajstić information content (AvgIpc) is 3.19. The lowest BCUT2D eigenvalue weighted by atomic mass is 9.77. The summed E-state index contributed by atoms with van der Waals surface area (Å²) >= 11 is 0. The van der Waals surface area contributed by atoms with E-state index < -0.39 is 40.3 Å². The maximum absolute atomic E-state index is 12.7. The van der Waals surface area contributed by atoms with Gasteiger partial charge >= 0.3 is 0 Å². The van der Waals surface area contributed by atoms with Crippen molar-refractivity contribution in [3.05, 3.63) is 46.5 Å². The summed E-state index contributed by atoms with van der Waals surface area (Å²) in [7, 11) is 0. The van der Waals surface area contributed by atoms with Gasteiger partial charge in [-0.2, -0.15) is 0 Å². The van der Waals surface area contributed by atoms with E-state index in [4.69, 9.17) is 4.74 Å². The lowest BCUT2D eigenvalue weighted by molar-refractivity contribution is -0.384. The van der Waals surface area contributed by atoms with E-state index in [9.17, 15) is 24.8 Å². The minimum Gasteiger partial charge on any atom is -0.393 e. The number of nitro groups is 1. The van der Waals surface area contributed by atoms with E-state index in [1.54, 1.807) is 12.2 Å². The zero-order chi connectivity index (χ0) is 16.4. The summed E-state index contributed by atoms with van der Waals surface area (Å²) in [6, 6.07) is 5.23. The number of nitro benzene ring substituents is 1. The summed E-state index contributed by atoms with van der Waals surface area (Å²) in [5.41, 5.74) is -0.977. The van der Waals surface area contributed by atoms with E-state index in [1.165, 1.54) is 24.3 Å². The van der Waals surface area contributed by atoms with Gasteiger partial charge in [-0.3, -0.25) is 19.7 Å². The highest BCUT2D eigenvalue weighted by Crippen LogP contribution is 2.52. The smallest absolute Gasteiger partial charge is 0.269 e. The third kappa shape index (κ3) is 1.67. The maximum Gasteiger partial charge on any atom is 0.269 e. The number of hydrogen-bond acceptors (Lipinski definition) is 6. The minimum absolute atomic E-state index is 0.120. The van der Waals surface area contributed by atoms with Gasteiger partial charge in [0.25, 0.3) is 5.69 Å². The fourth-order valence-corrected chi connectivity index (χ4v) is 3.66. The van der Waals surface area contributed by atoms with Crippen LogP contribution in [0.4, 0.5) is 11.4 Å². The Morgan fingerprint density at radius 1 is 1.26 bits per heavy atom. The second-order valence-electron chi connectivity index (χ2n) is 5.84. The van der Waals surface area contributed by atoms with Crippen molar-refractivity contribution in [2.24, 2.45) is 11.8 Å². The van der Waals surface area contributed by atoms with Crippen LogP contribution in [0.15, 0.2) is 36.4 Å². The molecule has 8 heteroatoms. The normalized spacial score (nSPS) is 34.3. The van der Waals surface area contributed by atoms with Crippen LogP contribution in [0.25, 0.3) is 0 Å². The monoisotopic (exact) mass is 316 g/mol. The highest BCUT2D eigenvalue weighted by atomic mass is 16.6. The molecule has 0 aromatic heterocycles. The molecule has 2 bridgehead atoms. The first-order chi connectivity index (χ1) is 11.0. The molecule has 0 unspecified atom stereocenters. The second kappa shape index (κ2) is 4.46. The van der Waals surface area contributed by atoms with Crippen LogP contribution in [0.5, 0.6) is 0 Å². The summed E-state index contributed by atoms with van der Waals surface area (Å²) in [5, 5.41) is 20.3. The van der Waals surface area contributed by atoms with Crippen molar-refractivity contribution in [1.82, 2.24) is 0 Å². The van der Waals surface area contributed by atoms with Crippen molar-refractivity contribution < 1.29 is 24.4 Å². The number of hydrogen-bond donors (Lipinski definition) is 1. The average molecular weight is 316 g/mol. The van der Waals surface area contributed by atoms with Gasteiger partial charge in [-0.05, 0) is 12.1 Å². The number of fused-ring (bicyclic) bond motifs is 5. The Balaban J connectivity index is 1.72. The molecule has 3 aliphatic heterocycles. The summed E-state index contributed by atoms with van der Waals surface area (Å²) < 4.78 is 5.63. The van der Waals surface area contributed by atoms with Gasteiger partial charge in [-0.15, -0.1) is 0 Å². The van der Waals surface area contributed by atoms with Crippen molar-refractivity contribution in [1.29, 1.82) is 0 Å². The topological polar surface area (TPSA) is 110 Å². The fourth-order valence-electron chi connectivity index (χ4n) is 3.66. The van der Waals surface area contributed by atoms with E-state index in [0.717, 1.165) is 4.90 Å². The van der Waals surface area contributed by atoms with Crippen molar-refractivity contribution in [2.75, 3.05) is 11.5 Å². The van der Waals surface area contributed by atoms with E-state index in [0.29, 0.717) is 0 Å². The highest BCUT2D eigenvalue weighted by Gasteiger charge is 2.67. The summed E-state index contributed by atoms with van der Waals surface area (Å²) in [5.74, 6) is -2.27. The number of non-ortho nitro benzene ring substituents is 1. The SMILES string of the molecule is O=C1[C@@H]2[C@@H](C(=O)N1c1ccc([N+](=O)[O-])cc1)[C@@]1(CO)C=C[C@H]2O1. The maximum atomic E-state index is 12.7. The number of aliphatic hydroxyl groups is 1. The Kier molecular flexibility index (Phi) is 2.72. The van der Waals surface area contributed by atoms with Crippen LogP contribution < -0.4 is 4.90 Å². The quantitative estimate of drug-likeness (QED) is 0.374. The number of benzene rings is 1. The Bertz CT molecular complexity index is 758. The lowest BCUT2D eigenvalue weighted by Crippen LogP contribution is -2.43. The molecule has 2 saturated heterocycles. The number of carbonyl (C=O) groups is 2. The van der Waals surface area contributed by atoms with E-state index in [2.05, 4.69) is 0 Å². The summed E-state index contributed by atoms with van der Waals surface area (Å²) in [6.45, 7) is -0.381. The molecule has 2 fully saturated rings. The third-order valence-electron chi connectivity index (χ3n) is 4.72. The summed E-state index contributed by atoms with van der Waals surface area (Å²) in [4.78, 5) is 36.5. The van der Waals surface area contributed by atoms with Crippen LogP contribution in [-0.4, -0.2) is 40.2 Å². The predicted octanol–water partition coefficient (Wildman–Crippen LogP) is 0.400. The Labute approximate surface area is 130 Å². The van der Waals surface area contributed by atoms with Crippen molar-refractivity contribution in [3.63, 3.8) is 0 Å². The number of imide groups is 1. The molecular formula is C15H12N2O6. The minimum atomic E-state index is -1.14. The zero-order valence-electron chi connectivity index (χ0n) is 11.8. The molecule has 0 saturated carbocycles. The molecule has 8 nitrogen and oxygen atoms in total. The molecule has 0 aliphatic carbocycles. The fraction of sp³-hybridized carbons (Fsp3) is 0.333. The first-order valence-corrected chi connectivity index (χ1v) is 7.09. The number of ether oxygens (including phenoxy) is 1. The Hall–Kier alpha value is -2.58. The zero-order valence-corrected chi connectivity index (χ0v) is 11.8. The first-order valence-electron chi connectivity index (χ1n) is 7.09. The molecule has 1 aromatic rings. The van der Waals surface area contributed by atoms with Gasteiger partial charge < -0.3 is 9.84 Å². The molecule has 1 aromatic carbocycles. The van der Waals surface area contributed by atoms with E-state index >= 15 is 0 Å². The van der Waals surface area contributed by atoms with Gasteiger partial charge in [0, 0.05) is 12.1 Å². The van der Waals surface area contributed by atoms with Gasteiger partial charge in [0.1, 0.15) is 5.60 Å². The van der Waals surface area contributed by atoms with Crippen LogP contribution in [0, 0.1) is 22.0 Å². The van der Waals surface area contributed by atoms with Gasteiger partial charge in [0.05, 0.1) is 35.2 Å². The molecule has 3 aliphatic rings. The molecule has 0 radical (unpaired) electrons. The van der Waals surface area contributed by atoms with Gasteiger partial charge in [-0.25, -0.2) is 4.90 Å². The van der Waals surface area contributed by atoms with Crippen LogP contribution in [0.3, 0.4) is 0 Å². The molecule has 0 spiro atoms. The van der Waals surface area contributed by atoms with Crippen LogP contribution >= 0.6 is 0 Å². The molecule has 3 heterocycles. The van der Waals surface area contributed by atoms with Crippen molar-refractivity contribution in [3.8, 4) is 0 Å². The van der Waals surface area contributed by atoms with Crippen LogP contribution in [-0.2, 0) is 14.3 Å². The van der Waals surface area contributed by atoms with Gasteiger partial charge in [0.15, 0.2) is 0 Å². The highest BCUT2D eigenvalue weighted by molar-refractivity contribution is 6.23. The number of rotatable bonds is 3. The largest absolute Gasteiger partial charge is 0.393 e. The number of carbonyl (C=O) groups excluding carboxylic acids is 2. The number of nitrogens with zero attached hydrogens (tertiary/aromatic N) is 2. The molecular weight excluding hydrogens is 304 g/mol. The number of amides is 2. The van der Waals surface area contributed by atoms with Crippen LogP contribution in [0.1, 0.15) is 0 Å². The molecule has 4 rings (SSSR count). The van der Waals surface area contributed by atoms with E-state index in [1.807, 2.05) is 0 Å². The lowest BCUT2D eigenvalue weighted by Gasteiger charge is -2.26. The van der Waals surface area contributed by atoms with Gasteiger partial charge in [-0.1, -0.05) is 12.2 Å². The van der Waals surface area contributed by atoms with Crippen molar-refractivity contribution in [2.45, 2.75) is 11.7 Å². The number of anilines is 1. The Morgan fingerprint density at radius 2 is 1.96 bits per heavy atom. The van der Waals surface area contributed by atoms with Crippen LogP contribution in [0.2, 0.25) is 0 Å². The molecule has 1 N–H and O–H groups in total. The predicted molar refractivity (Wildman–Crippen MR) is 76.4 cm³/mol. The van der Waals surface area contributed by atoms with E-state index in [-0.39, 0.29) is 18.0 Å². The van der Waals surface area contributed by atoms with Crippen molar-refractivity contribution >= 4 is 23.2 Å². The summed E-state index contributed by atoms with van der Waals surface area (Å²) in [6.07, 6.45) is 2.82.